The number of fused-ring (bicyclic) bond motifs is 1. The van der Waals surface area contributed by atoms with E-state index in [1.807, 2.05) is 6.92 Å². The zero-order chi connectivity index (χ0) is 15.0. The average molecular weight is 293 g/mol. The summed E-state index contributed by atoms with van der Waals surface area (Å²) in [6.45, 7) is 4.07. The molecule has 0 N–H and O–H groups in total. The predicted molar refractivity (Wildman–Crippen MR) is 77.0 cm³/mol. The predicted octanol–water partition coefficient (Wildman–Crippen LogP) is 3.24. The quantitative estimate of drug-likeness (QED) is 0.870. The monoisotopic (exact) mass is 293 g/mol. The summed E-state index contributed by atoms with van der Waals surface area (Å²) in [6.07, 6.45) is 0.785. The van der Waals surface area contributed by atoms with E-state index < -0.39 is 6.43 Å². The summed E-state index contributed by atoms with van der Waals surface area (Å²) in [5, 5.41) is 4.06. The van der Waals surface area contributed by atoms with Gasteiger partial charge in [-0.15, -0.1) is 0 Å². The van der Waals surface area contributed by atoms with Crippen LogP contribution in [0.2, 0.25) is 0 Å². The number of nitrogens with zero attached hydrogens (tertiary/aromatic N) is 3. The lowest BCUT2D eigenvalue weighted by Gasteiger charge is -2.31. The number of ether oxygens (including phenoxy) is 1. The Hall–Kier alpha value is -2.11. The van der Waals surface area contributed by atoms with Crippen LogP contribution in [-0.4, -0.2) is 29.5 Å². The molecule has 3 rings (SSSR count). The lowest BCUT2D eigenvalue weighted by Crippen LogP contribution is -2.32. The van der Waals surface area contributed by atoms with Gasteiger partial charge in [0.25, 0.3) is 6.43 Å². The Balaban J connectivity index is 2.16. The van der Waals surface area contributed by atoms with Gasteiger partial charge in [0, 0.05) is 30.9 Å². The Bertz CT molecular complexity index is 654. The molecule has 21 heavy (non-hydrogen) atoms. The molecule has 0 unspecified atom stereocenters. The largest absolute Gasteiger partial charge is 0.490 e. The van der Waals surface area contributed by atoms with Gasteiger partial charge in [-0.1, -0.05) is 0 Å². The van der Waals surface area contributed by atoms with Crippen molar-refractivity contribution in [3.05, 3.63) is 30.1 Å². The topological polar surface area (TPSA) is 30.3 Å². The van der Waals surface area contributed by atoms with E-state index >= 15 is 0 Å². The maximum Gasteiger partial charge on any atom is 0.264 e. The summed E-state index contributed by atoms with van der Waals surface area (Å²) >= 11 is 0. The highest BCUT2D eigenvalue weighted by Gasteiger charge is 2.24. The van der Waals surface area contributed by atoms with E-state index in [0.717, 1.165) is 18.8 Å². The first-order chi connectivity index (χ1) is 10.1. The zero-order valence-electron chi connectivity index (χ0n) is 12.0. The molecule has 112 valence electrons. The molecule has 0 fully saturated rings. The summed E-state index contributed by atoms with van der Waals surface area (Å²) in [7, 11) is 1.76. The number of aromatic nitrogens is 2. The van der Waals surface area contributed by atoms with Crippen LogP contribution in [0.15, 0.2) is 24.5 Å². The molecule has 0 spiro atoms. The third kappa shape index (κ3) is 2.46. The Morgan fingerprint density at radius 2 is 2.19 bits per heavy atom. The SMILES string of the molecule is CCN1CCOc2cc(-c3cnn(C)c3)c(C(F)F)cc21. The molecule has 1 aliphatic heterocycles. The first kappa shape index (κ1) is 13.9. The van der Waals surface area contributed by atoms with Crippen molar-refractivity contribution < 1.29 is 13.5 Å². The molecule has 0 saturated heterocycles. The third-order valence-corrected chi connectivity index (χ3v) is 3.72. The number of aryl methyl sites for hydroxylation is 1. The Kier molecular flexibility index (Phi) is 3.53. The molecule has 0 saturated carbocycles. The van der Waals surface area contributed by atoms with E-state index in [4.69, 9.17) is 4.74 Å². The zero-order valence-corrected chi connectivity index (χ0v) is 12.0. The van der Waals surface area contributed by atoms with Gasteiger partial charge in [0.15, 0.2) is 0 Å². The van der Waals surface area contributed by atoms with Gasteiger partial charge in [-0.3, -0.25) is 4.68 Å². The summed E-state index contributed by atoms with van der Waals surface area (Å²) in [5.41, 5.74) is 1.92. The van der Waals surface area contributed by atoms with Crippen LogP contribution in [0.25, 0.3) is 11.1 Å². The molecule has 0 aliphatic carbocycles. The molecule has 0 bridgehead atoms. The van der Waals surface area contributed by atoms with Crippen LogP contribution in [0.4, 0.5) is 14.5 Å². The first-order valence-corrected chi connectivity index (χ1v) is 6.93. The Labute approximate surface area is 121 Å². The minimum Gasteiger partial charge on any atom is -0.490 e. The van der Waals surface area contributed by atoms with Gasteiger partial charge >= 0.3 is 0 Å². The molecule has 0 amide bonds. The second-order valence-electron chi connectivity index (χ2n) is 5.04. The Morgan fingerprint density at radius 1 is 1.38 bits per heavy atom. The fourth-order valence-electron chi connectivity index (χ4n) is 2.65. The lowest BCUT2D eigenvalue weighted by atomic mass is 10.00. The molecule has 2 aromatic rings. The lowest BCUT2D eigenvalue weighted by molar-refractivity contribution is 0.152. The van der Waals surface area contributed by atoms with Crippen LogP contribution in [0.5, 0.6) is 5.75 Å². The normalized spacial score (nSPS) is 14.2. The molecule has 0 radical (unpaired) electrons. The van der Waals surface area contributed by atoms with Crippen LogP contribution in [0.3, 0.4) is 0 Å². The highest BCUT2D eigenvalue weighted by Crippen LogP contribution is 2.41. The second kappa shape index (κ2) is 5.35. The minimum absolute atomic E-state index is 0.0192. The van der Waals surface area contributed by atoms with Crippen molar-refractivity contribution >= 4 is 5.69 Å². The number of alkyl halides is 2. The van der Waals surface area contributed by atoms with E-state index in [1.54, 1.807) is 36.3 Å². The first-order valence-electron chi connectivity index (χ1n) is 6.93. The van der Waals surface area contributed by atoms with E-state index in [1.165, 1.54) is 0 Å². The van der Waals surface area contributed by atoms with Crippen molar-refractivity contribution in [1.82, 2.24) is 9.78 Å². The van der Waals surface area contributed by atoms with Crippen molar-refractivity contribution in [2.45, 2.75) is 13.3 Å². The fourth-order valence-corrected chi connectivity index (χ4v) is 2.65. The molecule has 6 heteroatoms. The Morgan fingerprint density at radius 3 is 2.81 bits per heavy atom. The van der Waals surface area contributed by atoms with Gasteiger partial charge in [0.2, 0.25) is 0 Å². The molecule has 1 aliphatic rings. The molecular weight excluding hydrogens is 276 g/mol. The minimum atomic E-state index is -2.54. The van der Waals surface area contributed by atoms with Crippen LogP contribution in [-0.2, 0) is 7.05 Å². The van der Waals surface area contributed by atoms with E-state index in [2.05, 4.69) is 10.00 Å². The number of likely N-dealkylation sites (N-methyl/N-ethyl adjacent to an activating group) is 1. The van der Waals surface area contributed by atoms with Gasteiger partial charge in [-0.25, -0.2) is 8.78 Å². The maximum atomic E-state index is 13.4. The van der Waals surface area contributed by atoms with Gasteiger partial charge in [-0.05, 0) is 24.6 Å². The standard InChI is InChI=1S/C15H17F2N3O/c1-3-20-4-5-21-14-7-11(10-8-18-19(2)9-10)12(15(16)17)6-13(14)20/h6-9,15H,3-5H2,1-2H3. The smallest absolute Gasteiger partial charge is 0.264 e. The van der Waals surface area contributed by atoms with Crippen molar-refractivity contribution in [2.24, 2.45) is 7.05 Å². The average Bonchev–Trinajstić information content (AvgIpc) is 2.91. The van der Waals surface area contributed by atoms with Gasteiger partial charge in [-0.2, -0.15) is 5.10 Å². The molecule has 2 heterocycles. The summed E-state index contributed by atoms with van der Waals surface area (Å²) < 4.78 is 34.1. The van der Waals surface area contributed by atoms with Gasteiger partial charge < -0.3 is 9.64 Å². The van der Waals surface area contributed by atoms with E-state index in [0.29, 0.717) is 23.5 Å². The molecular formula is C15H17F2N3O. The molecule has 1 aromatic heterocycles. The maximum absolute atomic E-state index is 13.4. The van der Waals surface area contributed by atoms with Crippen molar-refractivity contribution in [3.8, 4) is 16.9 Å². The fraction of sp³-hybridized carbons (Fsp3) is 0.400. The van der Waals surface area contributed by atoms with Crippen LogP contribution in [0.1, 0.15) is 18.9 Å². The number of hydrogen-bond donors (Lipinski definition) is 0. The number of anilines is 1. The van der Waals surface area contributed by atoms with E-state index in [9.17, 15) is 8.78 Å². The van der Waals surface area contributed by atoms with Crippen molar-refractivity contribution in [3.63, 3.8) is 0 Å². The van der Waals surface area contributed by atoms with Gasteiger partial charge in [0.05, 0.1) is 18.4 Å². The number of rotatable bonds is 3. The number of benzene rings is 1. The van der Waals surface area contributed by atoms with E-state index in [-0.39, 0.29) is 5.56 Å². The highest BCUT2D eigenvalue weighted by atomic mass is 19.3. The third-order valence-electron chi connectivity index (χ3n) is 3.72. The molecule has 0 atom stereocenters. The highest BCUT2D eigenvalue weighted by molar-refractivity contribution is 5.75. The molecule has 1 aromatic carbocycles. The van der Waals surface area contributed by atoms with Crippen molar-refractivity contribution in [1.29, 1.82) is 0 Å². The summed E-state index contributed by atoms with van der Waals surface area (Å²) in [6, 6.07) is 3.25. The van der Waals surface area contributed by atoms with Gasteiger partial charge in [0.1, 0.15) is 12.4 Å². The second-order valence-corrected chi connectivity index (χ2v) is 5.04. The molecule has 4 nitrogen and oxygen atoms in total. The number of hydrogen-bond acceptors (Lipinski definition) is 3. The van der Waals surface area contributed by atoms with Crippen LogP contribution < -0.4 is 9.64 Å². The number of halogens is 2. The van der Waals surface area contributed by atoms with Crippen molar-refractivity contribution in [2.75, 3.05) is 24.6 Å². The van der Waals surface area contributed by atoms with Crippen LogP contribution >= 0.6 is 0 Å². The van der Waals surface area contributed by atoms with Crippen LogP contribution in [0, 0.1) is 0 Å². The summed E-state index contributed by atoms with van der Waals surface area (Å²) in [5.74, 6) is 0.659. The summed E-state index contributed by atoms with van der Waals surface area (Å²) in [4.78, 5) is 2.05.